The molecule has 0 unspecified atom stereocenters. The van der Waals surface area contributed by atoms with Crippen LogP contribution in [0.25, 0.3) is 39.1 Å². The van der Waals surface area contributed by atoms with Gasteiger partial charge in [-0.1, -0.05) is 19.1 Å². The molecule has 0 aliphatic rings. The number of imidazole rings is 1. The maximum Gasteiger partial charge on any atom is 0.407 e. The lowest BCUT2D eigenvalue weighted by Crippen LogP contribution is -2.25. The van der Waals surface area contributed by atoms with Gasteiger partial charge in [-0.2, -0.15) is 0 Å². The molecule has 3 aromatic heterocycles. The van der Waals surface area contributed by atoms with E-state index in [1.807, 2.05) is 49.6 Å². The van der Waals surface area contributed by atoms with Crippen molar-refractivity contribution in [3.63, 3.8) is 0 Å². The van der Waals surface area contributed by atoms with Crippen molar-refractivity contribution in [3.05, 3.63) is 48.3 Å². The van der Waals surface area contributed by atoms with E-state index in [9.17, 15) is 4.79 Å². The first kappa shape index (κ1) is 23.5. The highest BCUT2D eigenvalue weighted by Crippen LogP contribution is 2.28. The number of rotatable bonds is 9. The Kier molecular flexibility index (Phi) is 6.66. The van der Waals surface area contributed by atoms with Gasteiger partial charge in [-0.3, -0.25) is 4.40 Å². The molecule has 5 rings (SSSR count). The molecule has 10 nitrogen and oxygen atoms in total. The summed E-state index contributed by atoms with van der Waals surface area (Å²) >= 11 is 0. The predicted octanol–water partition coefficient (Wildman–Crippen LogP) is 4.47. The third kappa shape index (κ3) is 4.53. The number of aryl methyl sites for hydroxylation is 2. The second-order valence-electron chi connectivity index (χ2n) is 8.75. The molecule has 0 saturated heterocycles. The number of anilines is 1. The van der Waals surface area contributed by atoms with Crippen molar-refractivity contribution < 1.29 is 9.53 Å². The van der Waals surface area contributed by atoms with Gasteiger partial charge in [-0.15, -0.1) is 10.2 Å². The third-order valence-corrected chi connectivity index (χ3v) is 6.13. The molecule has 186 valence electrons. The molecule has 0 aliphatic carbocycles. The highest BCUT2D eigenvalue weighted by atomic mass is 16.5. The van der Waals surface area contributed by atoms with Crippen molar-refractivity contribution >= 4 is 39.6 Å². The minimum Gasteiger partial charge on any atom is -0.450 e. The maximum atomic E-state index is 11.5. The lowest BCUT2D eigenvalue weighted by Gasteiger charge is -2.11. The Morgan fingerprint density at radius 2 is 1.83 bits per heavy atom. The summed E-state index contributed by atoms with van der Waals surface area (Å²) in [7, 11) is 2.03. The number of unbranched alkanes of at least 4 members (excludes halogenated alkanes) is 1. The van der Waals surface area contributed by atoms with E-state index in [2.05, 4.69) is 43.6 Å². The molecule has 0 fully saturated rings. The summed E-state index contributed by atoms with van der Waals surface area (Å²) in [6.45, 7) is 5.60. The average Bonchev–Trinajstić information content (AvgIpc) is 3.45. The smallest absolute Gasteiger partial charge is 0.407 e. The molecular formula is C26H30N8O2. The molecule has 0 bridgehead atoms. The zero-order valence-corrected chi connectivity index (χ0v) is 20.8. The first-order chi connectivity index (χ1) is 17.6. The Bertz CT molecular complexity index is 1540. The number of nitrogens with one attached hydrogen (secondary N) is 2. The number of carbonyl (C=O) groups excluding carboxylic acids is 1. The second-order valence-corrected chi connectivity index (χ2v) is 8.75. The van der Waals surface area contributed by atoms with Gasteiger partial charge in [-0.05, 0) is 56.5 Å². The summed E-state index contributed by atoms with van der Waals surface area (Å²) in [6.07, 6.45) is 2.12. The van der Waals surface area contributed by atoms with Gasteiger partial charge in [0.25, 0.3) is 0 Å². The number of para-hydroxylation sites is 2. The lowest BCUT2D eigenvalue weighted by molar-refractivity contribution is 0.146. The largest absolute Gasteiger partial charge is 0.450 e. The Balaban J connectivity index is 1.37. The SMILES string of the molecule is CCCOC(=O)NCCCCNc1nc2cc(-c3nc4ccccc4n3C)ccc2n2c(C)nnc12. The van der Waals surface area contributed by atoms with E-state index in [-0.39, 0.29) is 6.09 Å². The number of carbonyl (C=O) groups is 1. The number of nitrogens with zero attached hydrogens (tertiary/aromatic N) is 6. The van der Waals surface area contributed by atoms with E-state index in [0.717, 1.165) is 58.5 Å². The van der Waals surface area contributed by atoms with Crippen LogP contribution in [-0.4, -0.2) is 54.9 Å². The maximum absolute atomic E-state index is 11.5. The normalized spacial score (nSPS) is 11.4. The van der Waals surface area contributed by atoms with E-state index in [4.69, 9.17) is 14.7 Å². The van der Waals surface area contributed by atoms with Crippen LogP contribution in [-0.2, 0) is 11.8 Å². The molecule has 2 aromatic carbocycles. The molecule has 36 heavy (non-hydrogen) atoms. The predicted molar refractivity (Wildman–Crippen MR) is 140 cm³/mol. The average molecular weight is 487 g/mol. The molecule has 0 saturated carbocycles. The van der Waals surface area contributed by atoms with E-state index >= 15 is 0 Å². The van der Waals surface area contributed by atoms with E-state index in [0.29, 0.717) is 31.2 Å². The summed E-state index contributed by atoms with van der Waals surface area (Å²) in [5.41, 5.74) is 5.50. The van der Waals surface area contributed by atoms with Crippen LogP contribution in [0.4, 0.5) is 10.6 Å². The quantitative estimate of drug-likeness (QED) is 0.296. The minimum atomic E-state index is -0.363. The van der Waals surface area contributed by atoms with Crippen LogP contribution in [0.3, 0.4) is 0 Å². The van der Waals surface area contributed by atoms with Crippen molar-refractivity contribution in [1.29, 1.82) is 0 Å². The van der Waals surface area contributed by atoms with Gasteiger partial charge in [0.2, 0.25) is 5.65 Å². The van der Waals surface area contributed by atoms with E-state index in [1.54, 1.807) is 0 Å². The zero-order chi connectivity index (χ0) is 25.1. The summed E-state index contributed by atoms with van der Waals surface area (Å²) in [5.74, 6) is 2.37. The number of hydrogen-bond acceptors (Lipinski definition) is 7. The fourth-order valence-corrected chi connectivity index (χ4v) is 4.33. The molecular weight excluding hydrogens is 456 g/mol. The molecule has 0 atom stereocenters. The standard InChI is InChI=1S/C26H30N8O2/c1-4-15-36-26(35)28-14-8-7-13-27-23-25-32-31-17(2)34(25)22-12-11-18(16-20(22)29-23)24-30-19-9-5-6-10-21(19)33(24)3/h5-6,9-12,16H,4,7-8,13-15H2,1-3H3,(H,27,29)(H,28,35). The molecule has 10 heteroatoms. The van der Waals surface area contributed by atoms with Crippen LogP contribution in [0.15, 0.2) is 42.5 Å². The van der Waals surface area contributed by atoms with Crippen LogP contribution in [0.1, 0.15) is 32.0 Å². The molecule has 5 aromatic rings. The van der Waals surface area contributed by atoms with Gasteiger partial charge in [0.1, 0.15) is 11.6 Å². The number of alkyl carbamates (subject to hydrolysis) is 1. The Morgan fingerprint density at radius 1 is 1.00 bits per heavy atom. The molecule has 1 amide bonds. The van der Waals surface area contributed by atoms with Crippen LogP contribution in [0.2, 0.25) is 0 Å². The van der Waals surface area contributed by atoms with Crippen molar-refractivity contribution in [2.24, 2.45) is 7.05 Å². The molecule has 0 spiro atoms. The van der Waals surface area contributed by atoms with Crippen molar-refractivity contribution in [1.82, 2.24) is 34.4 Å². The lowest BCUT2D eigenvalue weighted by atomic mass is 10.1. The Morgan fingerprint density at radius 3 is 2.67 bits per heavy atom. The zero-order valence-electron chi connectivity index (χ0n) is 20.8. The van der Waals surface area contributed by atoms with E-state index < -0.39 is 0 Å². The first-order valence-corrected chi connectivity index (χ1v) is 12.3. The third-order valence-electron chi connectivity index (χ3n) is 6.13. The van der Waals surface area contributed by atoms with Gasteiger partial charge in [0.15, 0.2) is 5.82 Å². The minimum absolute atomic E-state index is 0.363. The number of hydrogen-bond donors (Lipinski definition) is 2. The van der Waals surface area contributed by atoms with Crippen LogP contribution in [0.5, 0.6) is 0 Å². The number of benzene rings is 2. The number of amides is 1. The second kappa shape index (κ2) is 10.2. The Hall–Kier alpha value is -4.21. The molecule has 0 aliphatic heterocycles. The van der Waals surface area contributed by atoms with Crippen LogP contribution in [0, 0.1) is 6.92 Å². The van der Waals surface area contributed by atoms with Crippen molar-refractivity contribution in [2.75, 3.05) is 25.0 Å². The highest BCUT2D eigenvalue weighted by molar-refractivity contribution is 5.88. The number of aromatic nitrogens is 6. The number of ether oxygens (including phenoxy) is 1. The fraction of sp³-hybridized carbons (Fsp3) is 0.346. The topological polar surface area (TPSA) is 111 Å². The van der Waals surface area contributed by atoms with Gasteiger partial charge in [0, 0.05) is 25.7 Å². The van der Waals surface area contributed by atoms with Crippen LogP contribution >= 0.6 is 0 Å². The van der Waals surface area contributed by atoms with Gasteiger partial charge >= 0.3 is 6.09 Å². The summed E-state index contributed by atoms with van der Waals surface area (Å²) in [5, 5.41) is 14.8. The fourth-order valence-electron chi connectivity index (χ4n) is 4.33. The Labute approximate surface area is 208 Å². The van der Waals surface area contributed by atoms with Gasteiger partial charge < -0.3 is 19.9 Å². The van der Waals surface area contributed by atoms with Crippen molar-refractivity contribution in [2.45, 2.75) is 33.1 Å². The summed E-state index contributed by atoms with van der Waals surface area (Å²) in [6, 6.07) is 14.3. The highest BCUT2D eigenvalue weighted by Gasteiger charge is 2.15. The number of fused-ring (bicyclic) bond motifs is 4. The van der Waals surface area contributed by atoms with E-state index in [1.165, 1.54) is 0 Å². The molecule has 3 heterocycles. The van der Waals surface area contributed by atoms with Gasteiger partial charge in [-0.25, -0.2) is 14.8 Å². The monoisotopic (exact) mass is 486 g/mol. The van der Waals surface area contributed by atoms with Crippen LogP contribution < -0.4 is 10.6 Å². The van der Waals surface area contributed by atoms with Crippen molar-refractivity contribution in [3.8, 4) is 11.4 Å². The summed E-state index contributed by atoms with van der Waals surface area (Å²) in [4.78, 5) is 21.3. The first-order valence-electron chi connectivity index (χ1n) is 12.3. The summed E-state index contributed by atoms with van der Waals surface area (Å²) < 4.78 is 9.15. The van der Waals surface area contributed by atoms with Gasteiger partial charge in [0.05, 0.1) is 28.7 Å². The molecule has 2 N–H and O–H groups in total. The molecule has 0 radical (unpaired) electrons.